The molecule has 96 valence electrons. The molecule has 18 heavy (non-hydrogen) atoms. The Labute approximate surface area is 112 Å². The summed E-state index contributed by atoms with van der Waals surface area (Å²) < 4.78 is 13.9. The number of anilines is 1. The normalized spacial score (nSPS) is 12.7. The summed E-state index contributed by atoms with van der Waals surface area (Å²) in [6.07, 6.45) is 0. The van der Waals surface area contributed by atoms with Crippen molar-refractivity contribution in [3.05, 3.63) is 52.0 Å². The van der Waals surface area contributed by atoms with Gasteiger partial charge in [0, 0.05) is 4.88 Å². The van der Waals surface area contributed by atoms with E-state index in [0.717, 1.165) is 5.56 Å². The van der Waals surface area contributed by atoms with E-state index in [4.69, 9.17) is 0 Å². The lowest BCUT2D eigenvalue weighted by Gasteiger charge is -2.23. The Morgan fingerprint density at radius 3 is 2.56 bits per heavy atom. The highest BCUT2D eigenvalue weighted by Gasteiger charge is 2.17. The summed E-state index contributed by atoms with van der Waals surface area (Å²) in [4.78, 5) is 1.24. The Morgan fingerprint density at radius 2 is 2.00 bits per heavy atom. The quantitative estimate of drug-likeness (QED) is 0.818. The first kappa shape index (κ1) is 13.1. The molecule has 2 aromatic rings. The molecular formula is C15H18FNS. The molecule has 1 N–H and O–H groups in total. The van der Waals surface area contributed by atoms with Crippen LogP contribution in [0.5, 0.6) is 0 Å². The molecule has 1 aromatic carbocycles. The standard InChI is InChI=1S/C15H18FNS/c1-10(2)15(14-5-4-8-18-14)17-13-7-6-11(3)9-12(13)16/h4-10,15,17H,1-3H3. The van der Waals surface area contributed by atoms with Crippen LogP contribution in [0.3, 0.4) is 0 Å². The van der Waals surface area contributed by atoms with Crippen molar-refractivity contribution < 1.29 is 4.39 Å². The molecule has 0 aliphatic heterocycles. The number of hydrogen-bond acceptors (Lipinski definition) is 2. The largest absolute Gasteiger partial charge is 0.375 e. The summed E-state index contributed by atoms with van der Waals surface area (Å²) in [6.45, 7) is 6.18. The van der Waals surface area contributed by atoms with E-state index in [2.05, 4.69) is 30.6 Å². The summed E-state index contributed by atoms with van der Waals surface area (Å²) in [5.41, 5.74) is 1.52. The fraction of sp³-hybridized carbons (Fsp3) is 0.333. The molecule has 1 nitrogen and oxygen atoms in total. The van der Waals surface area contributed by atoms with E-state index in [0.29, 0.717) is 11.6 Å². The molecule has 1 atom stereocenters. The minimum absolute atomic E-state index is 0.155. The number of hydrogen-bond donors (Lipinski definition) is 1. The molecule has 0 spiro atoms. The Balaban J connectivity index is 2.24. The number of rotatable bonds is 4. The van der Waals surface area contributed by atoms with Gasteiger partial charge in [-0.1, -0.05) is 26.0 Å². The minimum Gasteiger partial charge on any atom is -0.375 e. The molecule has 0 saturated heterocycles. The van der Waals surface area contributed by atoms with E-state index in [9.17, 15) is 4.39 Å². The van der Waals surface area contributed by atoms with Crippen molar-refractivity contribution in [3.8, 4) is 0 Å². The lowest BCUT2D eigenvalue weighted by atomic mass is 10.0. The third-order valence-electron chi connectivity index (χ3n) is 2.95. The Bertz CT molecular complexity index is 505. The lowest BCUT2D eigenvalue weighted by Crippen LogP contribution is -2.16. The third-order valence-corrected chi connectivity index (χ3v) is 3.91. The van der Waals surface area contributed by atoms with E-state index in [1.807, 2.05) is 25.1 Å². The van der Waals surface area contributed by atoms with Crippen LogP contribution in [0.4, 0.5) is 10.1 Å². The van der Waals surface area contributed by atoms with Crippen molar-refractivity contribution in [3.63, 3.8) is 0 Å². The van der Waals surface area contributed by atoms with Crippen molar-refractivity contribution in [1.29, 1.82) is 0 Å². The van der Waals surface area contributed by atoms with E-state index in [1.165, 1.54) is 4.88 Å². The van der Waals surface area contributed by atoms with Crippen LogP contribution in [0, 0.1) is 18.7 Å². The van der Waals surface area contributed by atoms with Gasteiger partial charge >= 0.3 is 0 Å². The maximum Gasteiger partial charge on any atom is 0.146 e. The molecule has 0 aliphatic rings. The van der Waals surface area contributed by atoms with Gasteiger partial charge in [0.05, 0.1) is 11.7 Å². The fourth-order valence-corrected chi connectivity index (χ4v) is 2.89. The molecule has 0 bridgehead atoms. The topological polar surface area (TPSA) is 12.0 Å². The zero-order valence-corrected chi connectivity index (χ0v) is 11.7. The predicted molar refractivity (Wildman–Crippen MR) is 76.7 cm³/mol. The van der Waals surface area contributed by atoms with Crippen molar-refractivity contribution in [1.82, 2.24) is 0 Å². The van der Waals surface area contributed by atoms with Crippen LogP contribution in [0.1, 0.15) is 30.3 Å². The molecule has 0 saturated carbocycles. The Morgan fingerprint density at radius 1 is 1.22 bits per heavy atom. The van der Waals surface area contributed by atoms with Crippen LogP contribution >= 0.6 is 11.3 Å². The highest BCUT2D eigenvalue weighted by atomic mass is 32.1. The zero-order valence-electron chi connectivity index (χ0n) is 10.9. The second-order valence-corrected chi connectivity index (χ2v) is 5.84. The number of aryl methyl sites for hydroxylation is 1. The van der Waals surface area contributed by atoms with Crippen molar-refractivity contribution in [2.45, 2.75) is 26.8 Å². The number of thiophene rings is 1. The van der Waals surface area contributed by atoms with E-state index in [1.54, 1.807) is 17.4 Å². The lowest BCUT2D eigenvalue weighted by molar-refractivity contribution is 0.546. The average molecular weight is 263 g/mol. The van der Waals surface area contributed by atoms with Crippen molar-refractivity contribution >= 4 is 17.0 Å². The predicted octanol–water partition coefficient (Wildman–Crippen LogP) is 5.00. The summed E-state index contributed by atoms with van der Waals surface area (Å²) >= 11 is 1.70. The Hall–Kier alpha value is -1.35. The van der Waals surface area contributed by atoms with Gasteiger partial charge in [-0.15, -0.1) is 11.3 Å². The van der Waals surface area contributed by atoms with Crippen LogP contribution in [0.25, 0.3) is 0 Å². The van der Waals surface area contributed by atoms with E-state index >= 15 is 0 Å². The highest BCUT2D eigenvalue weighted by molar-refractivity contribution is 7.10. The van der Waals surface area contributed by atoms with Gasteiger partial charge in [0.2, 0.25) is 0 Å². The number of halogens is 1. The van der Waals surface area contributed by atoms with Crippen LogP contribution in [0.15, 0.2) is 35.7 Å². The molecule has 0 fully saturated rings. The molecule has 0 amide bonds. The van der Waals surface area contributed by atoms with Crippen LogP contribution in [-0.4, -0.2) is 0 Å². The first-order valence-electron chi connectivity index (χ1n) is 6.14. The summed E-state index contributed by atoms with van der Waals surface area (Å²) in [7, 11) is 0. The first-order chi connectivity index (χ1) is 8.58. The van der Waals surface area contributed by atoms with Gasteiger partial charge in [0.15, 0.2) is 0 Å². The van der Waals surface area contributed by atoms with Crippen LogP contribution in [0.2, 0.25) is 0 Å². The summed E-state index contributed by atoms with van der Waals surface area (Å²) in [6, 6.07) is 9.58. The van der Waals surface area contributed by atoms with Gasteiger partial charge in [-0.05, 0) is 42.0 Å². The fourth-order valence-electron chi connectivity index (χ4n) is 1.94. The zero-order chi connectivity index (χ0) is 13.1. The molecule has 0 radical (unpaired) electrons. The summed E-state index contributed by atoms with van der Waals surface area (Å²) in [5.74, 6) is 0.224. The molecule has 1 aromatic heterocycles. The number of benzene rings is 1. The van der Waals surface area contributed by atoms with Crippen molar-refractivity contribution in [2.75, 3.05) is 5.32 Å². The van der Waals surface area contributed by atoms with Gasteiger partial charge in [0.1, 0.15) is 5.82 Å². The number of nitrogens with one attached hydrogen (secondary N) is 1. The highest BCUT2D eigenvalue weighted by Crippen LogP contribution is 2.30. The molecule has 1 unspecified atom stereocenters. The Kier molecular flexibility index (Phi) is 4.02. The monoisotopic (exact) mass is 263 g/mol. The van der Waals surface area contributed by atoms with E-state index in [-0.39, 0.29) is 11.9 Å². The third kappa shape index (κ3) is 2.91. The van der Waals surface area contributed by atoms with Crippen LogP contribution < -0.4 is 5.32 Å². The van der Waals surface area contributed by atoms with Gasteiger partial charge in [-0.3, -0.25) is 0 Å². The van der Waals surface area contributed by atoms with Crippen LogP contribution in [-0.2, 0) is 0 Å². The van der Waals surface area contributed by atoms with Gasteiger partial charge < -0.3 is 5.32 Å². The summed E-state index contributed by atoms with van der Waals surface area (Å²) in [5, 5.41) is 5.37. The second-order valence-electron chi connectivity index (χ2n) is 4.86. The van der Waals surface area contributed by atoms with Gasteiger partial charge in [-0.2, -0.15) is 0 Å². The first-order valence-corrected chi connectivity index (χ1v) is 7.02. The molecule has 0 aliphatic carbocycles. The molecule has 2 rings (SSSR count). The average Bonchev–Trinajstić information content (AvgIpc) is 2.80. The maximum atomic E-state index is 13.9. The molecular weight excluding hydrogens is 245 g/mol. The maximum absolute atomic E-state index is 13.9. The second kappa shape index (κ2) is 5.53. The van der Waals surface area contributed by atoms with Gasteiger partial charge in [-0.25, -0.2) is 4.39 Å². The van der Waals surface area contributed by atoms with E-state index < -0.39 is 0 Å². The molecule has 3 heteroatoms. The molecule has 1 heterocycles. The minimum atomic E-state index is -0.183. The van der Waals surface area contributed by atoms with Gasteiger partial charge in [0.25, 0.3) is 0 Å². The SMILES string of the molecule is Cc1ccc(NC(c2cccs2)C(C)C)c(F)c1. The van der Waals surface area contributed by atoms with Crippen molar-refractivity contribution in [2.24, 2.45) is 5.92 Å². The smallest absolute Gasteiger partial charge is 0.146 e.